The highest BCUT2D eigenvalue weighted by molar-refractivity contribution is 5.89. The molecule has 8 nitrogen and oxygen atoms in total. The zero-order valence-electron chi connectivity index (χ0n) is 14.2. The first kappa shape index (κ1) is 17.0. The fourth-order valence-electron chi connectivity index (χ4n) is 2.22. The average Bonchev–Trinajstić information content (AvgIpc) is 2.64. The molecular weight excluding hydrogens is 330 g/mol. The first-order valence-corrected chi connectivity index (χ1v) is 7.94. The maximum Gasteiger partial charge on any atom is 0.221 e. The fraction of sp³-hybridized carbons (Fsp3) is 0.0556. The van der Waals surface area contributed by atoms with Gasteiger partial charge in [0.15, 0.2) is 11.6 Å². The Labute approximate surface area is 150 Å². The van der Waals surface area contributed by atoms with Crippen molar-refractivity contribution in [2.75, 3.05) is 27.2 Å². The molecule has 2 aromatic carbocycles. The molecule has 132 valence electrons. The minimum absolute atomic E-state index is 0.118. The van der Waals surface area contributed by atoms with Crippen molar-refractivity contribution in [2.45, 2.75) is 6.92 Å². The molecule has 3 aromatic rings. The number of para-hydroxylation sites is 1. The van der Waals surface area contributed by atoms with Crippen LogP contribution in [0.25, 0.3) is 0 Å². The van der Waals surface area contributed by atoms with E-state index in [1.54, 1.807) is 12.1 Å². The van der Waals surface area contributed by atoms with Crippen LogP contribution in [0.2, 0.25) is 0 Å². The summed E-state index contributed by atoms with van der Waals surface area (Å²) in [6, 6.07) is 16.8. The largest absolute Gasteiger partial charge is 0.393 e. The lowest BCUT2D eigenvalue weighted by Crippen LogP contribution is -2.13. The molecule has 0 spiro atoms. The molecule has 1 heterocycles. The molecule has 0 saturated heterocycles. The van der Waals surface area contributed by atoms with Gasteiger partial charge in [0, 0.05) is 18.3 Å². The smallest absolute Gasteiger partial charge is 0.221 e. The molecule has 0 aliphatic rings. The number of hydrogen-bond acceptors (Lipinski definition) is 7. The van der Waals surface area contributed by atoms with Crippen molar-refractivity contribution < 1.29 is 4.79 Å². The topological polar surface area (TPSA) is 117 Å². The Morgan fingerprint density at radius 3 is 2.19 bits per heavy atom. The van der Waals surface area contributed by atoms with Crippen LogP contribution < -0.4 is 27.2 Å². The van der Waals surface area contributed by atoms with Crippen molar-refractivity contribution in [1.29, 1.82) is 0 Å². The number of carbonyl (C=O) groups excluding carboxylic acids is 1. The van der Waals surface area contributed by atoms with Crippen LogP contribution in [-0.2, 0) is 4.79 Å². The summed E-state index contributed by atoms with van der Waals surface area (Å²) in [6.07, 6.45) is 1.42. The van der Waals surface area contributed by atoms with Crippen LogP contribution in [0, 0.1) is 0 Å². The van der Waals surface area contributed by atoms with E-state index in [-0.39, 0.29) is 5.91 Å². The standard InChI is InChI=1S/C18H19N7O/c1-12(26)22-13-7-9-14(10-8-13)23-17-16(19)18(21-11-20-17)25-24-15-5-3-2-4-6-15/h2-11,24H,19H2,1H3,(H,22,26)(H2,20,21,23,25). The third kappa shape index (κ3) is 4.38. The van der Waals surface area contributed by atoms with E-state index in [1.807, 2.05) is 42.5 Å². The summed E-state index contributed by atoms with van der Waals surface area (Å²) in [6.45, 7) is 1.46. The first-order valence-electron chi connectivity index (χ1n) is 7.94. The lowest BCUT2D eigenvalue weighted by atomic mass is 10.2. The molecule has 8 heteroatoms. The predicted molar refractivity (Wildman–Crippen MR) is 104 cm³/mol. The summed E-state index contributed by atoms with van der Waals surface area (Å²) in [7, 11) is 0. The number of nitrogens with two attached hydrogens (primary N) is 1. The van der Waals surface area contributed by atoms with Gasteiger partial charge in [-0.1, -0.05) is 18.2 Å². The van der Waals surface area contributed by atoms with Crippen LogP contribution >= 0.6 is 0 Å². The van der Waals surface area contributed by atoms with Gasteiger partial charge < -0.3 is 16.4 Å². The Hall–Kier alpha value is -3.81. The number of rotatable bonds is 6. The summed E-state index contributed by atoms with van der Waals surface area (Å²) in [5, 5.41) is 5.85. The number of hydrazine groups is 1. The molecule has 0 bridgehead atoms. The summed E-state index contributed by atoms with van der Waals surface area (Å²) in [5.74, 6) is 0.818. The van der Waals surface area contributed by atoms with E-state index < -0.39 is 0 Å². The van der Waals surface area contributed by atoms with Gasteiger partial charge in [-0.3, -0.25) is 15.6 Å². The Kier molecular flexibility index (Phi) is 5.14. The van der Waals surface area contributed by atoms with Crippen molar-refractivity contribution in [3.05, 3.63) is 60.9 Å². The average molecular weight is 349 g/mol. The Morgan fingerprint density at radius 2 is 1.50 bits per heavy atom. The lowest BCUT2D eigenvalue weighted by molar-refractivity contribution is -0.114. The van der Waals surface area contributed by atoms with E-state index in [2.05, 4.69) is 31.5 Å². The van der Waals surface area contributed by atoms with Crippen LogP contribution in [0.5, 0.6) is 0 Å². The third-order valence-corrected chi connectivity index (χ3v) is 3.45. The summed E-state index contributed by atoms with van der Waals surface area (Å²) >= 11 is 0. The van der Waals surface area contributed by atoms with Crippen molar-refractivity contribution in [1.82, 2.24) is 9.97 Å². The number of amides is 1. The molecule has 0 radical (unpaired) electrons. The van der Waals surface area contributed by atoms with Gasteiger partial charge in [0.25, 0.3) is 0 Å². The third-order valence-electron chi connectivity index (χ3n) is 3.45. The number of anilines is 6. The summed E-state index contributed by atoms with van der Waals surface area (Å²) in [4.78, 5) is 19.4. The van der Waals surface area contributed by atoms with Gasteiger partial charge in [0.2, 0.25) is 5.91 Å². The molecule has 6 N–H and O–H groups in total. The van der Waals surface area contributed by atoms with E-state index >= 15 is 0 Å². The highest BCUT2D eigenvalue weighted by atomic mass is 16.1. The van der Waals surface area contributed by atoms with Gasteiger partial charge in [-0.15, -0.1) is 0 Å². The quantitative estimate of drug-likeness (QED) is 0.434. The summed E-state index contributed by atoms with van der Waals surface area (Å²) < 4.78 is 0. The molecule has 1 amide bonds. The molecule has 0 atom stereocenters. The molecular formula is C18H19N7O. The summed E-state index contributed by atoms with van der Waals surface area (Å²) in [5.41, 5.74) is 14.9. The molecule has 3 rings (SSSR count). The number of benzene rings is 2. The van der Waals surface area contributed by atoms with Crippen molar-refractivity contribution >= 4 is 40.3 Å². The van der Waals surface area contributed by atoms with Gasteiger partial charge in [-0.05, 0) is 36.4 Å². The van der Waals surface area contributed by atoms with E-state index in [9.17, 15) is 4.79 Å². The van der Waals surface area contributed by atoms with Crippen LogP contribution in [0.1, 0.15) is 6.92 Å². The van der Waals surface area contributed by atoms with Crippen LogP contribution in [0.4, 0.5) is 34.4 Å². The maximum atomic E-state index is 11.1. The highest BCUT2D eigenvalue weighted by Gasteiger charge is 2.08. The molecule has 1 aromatic heterocycles. The second-order valence-electron chi connectivity index (χ2n) is 5.48. The van der Waals surface area contributed by atoms with E-state index in [0.717, 1.165) is 11.4 Å². The Bertz CT molecular complexity index is 882. The lowest BCUT2D eigenvalue weighted by Gasteiger charge is -2.14. The normalized spacial score (nSPS) is 10.0. The second-order valence-corrected chi connectivity index (χ2v) is 5.48. The van der Waals surface area contributed by atoms with Gasteiger partial charge in [0.05, 0.1) is 5.69 Å². The van der Waals surface area contributed by atoms with Gasteiger partial charge in [0.1, 0.15) is 12.0 Å². The van der Waals surface area contributed by atoms with Crippen LogP contribution in [-0.4, -0.2) is 15.9 Å². The minimum Gasteiger partial charge on any atom is -0.393 e. The molecule has 26 heavy (non-hydrogen) atoms. The SMILES string of the molecule is CC(=O)Nc1ccc(Nc2ncnc(NNc3ccccc3)c2N)cc1. The number of carbonyl (C=O) groups is 1. The van der Waals surface area contributed by atoms with Crippen molar-refractivity contribution in [3.63, 3.8) is 0 Å². The molecule has 0 fully saturated rings. The van der Waals surface area contributed by atoms with Crippen LogP contribution in [0.15, 0.2) is 60.9 Å². The first-order chi connectivity index (χ1) is 12.6. The minimum atomic E-state index is -0.118. The Balaban J connectivity index is 1.69. The van der Waals surface area contributed by atoms with Gasteiger partial charge in [-0.25, -0.2) is 9.97 Å². The molecule has 0 unspecified atom stereocenters. The van der Waals surface area contributed by atoms with E-state index in [4.69, 9.17) is 5.73 Å². The number of nitrogen functional groups attached to an aromatic ring is 1. The number of nitrogens with one attached hydrogen (secondary N) is 4. The maximum absolute atomic E-state index is 11.1. The Morgan fingerprint density at radius 1 is 0.846 bits per heavy atom. The van der Waals surface area contributed by atoms with Crippen LogP contribution in [0.3, 0.4) is 0 Å². The number of hydrogen-bond donors (Lipinski definition) is 5. The molecule has 0 aliphatic carbocycles. The van der Waals surface area contributed by atoms with Gasteiger partial charge in [-0.2, -0.15) is 0 Å². The van der Waals surface area contributed by atoms with Crippen molar-refractivity contribution in [3.8, 4) is 0 Å². The zero-order chi connectivity index (χ0) is 18.4. The number of nitrogens with zero attached hydrogens (tertiary/aromatic N) is 2. The van der Waals surface area contributed by atoms with Gasteiger partial charge >= 0.3 is 0 Å². The monoisotopic (exact) mass is 349 g/mol. The zero-order valence-corrected chi connectivity index (χ0v) is 14.2. The second kappa shape index (κ2) is 7.84. The highest BCUT2D eigenvalue weighted by Crippen LogP contribution is 2.26. The number of aromatic nitrogens is 2. The van der Waals surface area contributed by atoms with E-state index in [1.165, 1.54) is 13.3 Å². The predicted octanol–water partition coefficient (Wildman–Crippen LogP) is 3.20. The van der Waals surface area contributed by atoms with E-state index in [0.29, 0.717) is 23.0 Å². The van der Waals surface area contributed by atoms with Crippen molar-refractivity contribution in [2.24, 2.45) is 0 Å². The molecule has 0 aliphatic heterocycles. The molecule has 0 saturated carbocycles. The fourth-order valence-corrected chi connectivity index (χ4v) is 2.22.